The standard InChI is InChI=1S/C18H30N4O3/c1-13(2)11-21-9-7-18(8-10-21)16(24)22(17(25)20-18)12-15(23)19-14-5-3-4-6-14/h13-14H,3-12H2,1-2H3,(H,19,23)(H,20,25). The Morgan fingerprint density at radius 1 is 1.24 bits per heavy atom. The first-order valence-corrected chi connectivity index (χ1v) is 9.55. The molecule has 140 valence electrons. The average molecular weight is 350 g/mol. The monoisotopic (exact) mass is 350 g/mol. The van der Waals surface area contributed by atoms with E-state index in [-0.39, 0.29) is 24.4 Å². The van der Waals surface area contributed by atoms with Gasteiger partial charge >= 0.3 is 6.03 Å². The van der Waals surface area contributed by atoms with Crippen molar-refractivity contribution >= 4 is 17.8 Å². The van der Waals surface area contributed by atoms with Crippen molar-refractivity contribution < 1.29 is 14.4 Å². The highest BCUT2D eigenvalue weighted by atomic mass is 16.2. The molecule has 1 spiro atoms. The lowest BCUT2D eigenvalue weighted by molar-refractivity contribution is -0.136. The topological polar surface area (TPSA) is 81.8 Å². The summed E-state index contributed by atoms with van der Waals surface area (Å²) < 4.78 is 0. The van der Waals surface area contributed by atoms with E-state index in [0.717, 1.165) is 50.2 Å². The summed E-state index contributed by atoms with van der Waals surface area (Å²) in [6.45, 7) is 6.79. The van der Waals surface area contributed by atoms with E-state index in [1.807, 2.05) is 0 Å². The van der Waals surface area contributed by atoms with Crippen LogP contribution in [0.1, 0.15) is 52.4 Å². The average Bonchev–Trinajstić information content (AvgIpc) is 3.12. The maximum atomic E-state index is 12.8. The lowest BCUT2D eigenvalue weighted by Gasteiger charge is -2.37. The van der Waals surface area contributed by atoms with E-state index in [4.69, 9.17) is 0 Å². The number of carbonyl (C=O) groups excluding carboxylic acids is 3. The highest BCUT2D eigenvalue weighted by Gasteiger charge is 2.52. The molecule has 2 saturated heterocycles. The normalized spacial score (nSPS) is 24.4. The summed E-state index contributed by atoms with van der Waals surface area (Å²) in [4.78, 5) is 40.8. The minimum Gasteiger partial charge on any atom is -0.352 e. The molecule has 1 aliphatic carbocycles. The molecule has 0 radical (unpaired) electrons. The Labute approximate surface area is 149 Å². The summed E-state index contributed by atoms with van der Waals surface area (Å²) in [6, 6.07) is -0.231. The van der Waals surface area contributed by atoms with Gasteiger partial charge in [0, 0.05) is 25.7 Å². The number of nitrogens with zero attached hydrogens (tertiary/aromatic N) is 2. The zero-order valence-electron chi connectivity index (χ0n) is 15.3. The Kier molecular flexibility index (Phi) is 5.32. The molecule has 0 atom stereocenters. The molecule has 0 unspecified atom stereocenters. The third-order valence-electron chi connectivity index (χ3n) is 5.60. The van der Waals surface area contributed by atoms with Gasteiger partial charge in [0.2, 0.25) is 5.91 Å². The predicted octanol–water partition coefficient (Wildman–Crippen LogP) is 1.09. The van der Waals surface area contributed by atoms with Crippen molar-refractivity contribution in [1.29, 1.82) is 0 Å². The third kappa shape index (κ3) is 3.97. The second kappa shape index (κ2) is 7.32. The van der Waals surface area contributed by atoms with Crippen molar-refractivity contribution in [3.8, 4) is 0 Å². The number of nitrogens with one attached hydrogen (secondary N) is 2. The summed E-state index contributed by atoms with van der Waals surface area (Å²) in [6.07, 6.45) is 5.47. The van der Waals surface area contributed by atoms with Gasteiger partial charge in [0.25, 0.3) is 5.91 Å². The van der Waals surface area contributed by atoms with Gasteiger partial charge in [-0.3, -0.25) is 14.5 Å². The largest absolute Gasteiger partial charge is 0.352 e. The Morgan fingerprint density at radius 3 is 2.48 bits per heavy atom. The van der Waals surface area contributed by atoms with Crippen molar-refractivity contribution in [2.24, 2.45) is 5.92 Å². The van der Waals surface area contributed by atoms with Crippen LogP contribution in [0.3, 0.4) is 0 Å². The van der Waals surface area contributed by atoms with Crippen molar-refractivity contribution in [3.05, 3.63) is 0 Å². The van der Waals surface area contributed by atoms with Crippen LogP contribution in [0.5, 0.6) is 0 Å². The second-order valence-electron chi connectivity index (χ2n) is 8.15. The van der Waals surface area contributed by atoms with Crippen LogP contribution in [0.2, 0.25) is 0 Å². The molecular weight excluding hydrogens is 320 g/mol. The Morgan fingerprint density at radius 2 is 1.88 bits per heavy atom. The molecule has 0 aromatic heterocycles. The van der Waals surface area contributed by atoms with E-state index in [9.17, 15) is 14.4 Å². The lowest BCUT2D eigenvalue weighted by Crippen LogP contribution is -2.55. The van der Waals surface area contributed by atoms with E-state index in [1.165, 1.54) is 0 Å². The van der Waals surface area contributed by atoms with Crippen molar-refractivity contribution in [2.45, 2.75) is 64.0 Å². The van der Waals surface area contributed by atoms with Crippen LogP contribution >= 0.6 is 0 Å². The quantitative estimate of drug-likeness (QED) is 0.727. The van der Waals surface area contributed by atoms with E-state index in [1.54, 1.807) is 0 Å². The molecule has 7 nitrogen and oxygen atoms in total. The minimum absolute atomic E-state index is 0.168. The van der Waals surface area contributed by atoms with Crippen molar-refractivity contribution in [3.63, 3.8) is 0 Å². The molecule has 1 saturated carbocycles. The number of hydrogen-bond donors (Lipinski definition) is 2. The van der Waals surface area contributed by atoms with Gasteiger partial charge in [-0.25, -0.2) is 4.79 Å². The number of urea groups is 1. The molecule has 0 aromatic carbocycles. The molecule has 3 rings (SSSR count). The summed E-state index contributed by atoms with van der Waals surface area (Å²) in [5, 5.41) is 5.82. The van der Waals surface area contributed by atoms with E-state index in [2.05, 4.69) is 29.4 Å². The van der Waals surface area contributed by atoms with Gasteiger partial charge in [-0.1, -0.05) is 26.7 Å². The Hall–Kier alpha value is -1.63. The Balaban J connectivity index is 1.56. The van der Waals surface area contributed by atoms with E-state index < -0.39 is 11.6 Å². The molecule has 3 aliphatic rings. The van der Waals surface area contributed by atoms with Crippen LogP contribution in [-0.2, 0) is 9.59 Å². The van der Waals surface area contributed by atoms with Gasteiger partial charge in [-0.2, -0.15) is 0 Å². The van der Waals surface area contributed by atoms with Gasteiger partial charge in [-0.15, -0.1) is 0 Å². The fourth-order valence-electron chi connectivity index (χ4n) is 4.28. The van der Waals surface area contributed by atoms with E-state index >= 15 is 0 Å². The highest BCUT2D eigenvalue weighted by molar-refractivity contribution is 6.09. The zero-order valence-corrected chi connectivity index (χ0v) is 15.3. The molecule has 3 fully saturated rings. The summed E-state index contributed by atoms with van der Waals surface area (Å²) in [7, 11) is 0. The lowest BCUT2D eigenvalue weighted by atomic mass is 9.87. The molecule has 25 heavy (non-hydrogen) atoms. The number of rotatable bonds is 5. The van der Waals surface area contributed by atoms with Crippen LogP contribution in [0.4, 0.5) is 4.79 Å². The number of carbonyl (C=O) groups is 3. The Bertz CT molecular complexity index is 534. The summed E-state index contributed by atoms with van der Waals surface area (Å²) in [5.41, 5.74) is -0.807. The molecule has 0 bridgehead atoms. The molecule has 2 N–H and O–H groups in total. The number of imide groups is 1. The molecule has 7 heteroatoms. The number of hydrogen-bond acceptors (Lipinski definition) is 4. The third-order valence-corrected chi connectivity index (χ3v) is 5.60. The highest BCUT2D eigenvalue weighted by Crippen LogP contribution is 2.29. The fraction of sp³-hybridized carbons (Fsp3) is 0.833. The van der Waals surface area contributed by atoms with Crippen LogP contribution in [0.15, 0.2) is 0 Å². The number of amides is 4. The van der Waals surface area contributed by atoms with Gasteiger partial charge in [0.05, 0.1) is 0 Å². The number of likely N-dealkylation sites (tertiary alicyclic amines) is 1. The van der Waals surface area contributed by atoms with Gasteiger partial charge in [0.15, 0.2) is 0 Å². The molecule has 0 aromatic rings. The van der Waals surface area contributed by atoms with E-state index in [0.29, 0.717) is 18.8 Å². The second-order valence-corrected chi connectivity index (χ2v) is 8.15. The molecule has 4 amide bonds. The van der Waals surface area contributed by atoms with Crippen LogP contribution in [0.25, 0.3) is 0 Å². The zero-order chi connectivity index (χ0) is 18.0. The molecule has 2 heterocycles. The maximum Gasteiger partial charge on any atom is 0.325 e. The van der Waals surface area contributed by atoms with Crippen LogP contribution in [-0.4, -0.2) is 65.4 Å². The number of piperidine rings is 1. The van der Waals surface area contributed by atoms with Gasteiger partial charge in [0.1, 0.15) is 12.1 Å². The smallest absolute Gasteiger partial charge is 0.325 e. The van der Waals surface area contributed by atoms with Gasteiger partial charge in [-0.05, 0) is 31.6 Å². The summed E-state index contributed by atoms with van der Waals surface area (Å²) >= 11 is 0. The van der Waals surface area contributed by atoms with Crippen molar-refractivity contribution in [1.82, 2.24) is 20.4 Å². The summed E-state index contributed by atoms with van der Waals surface area (Å²) in [5.74, 6) is 0.117. The molecule has 2 aliphatic heterocycles. The van der Waals surface area contributed by atoms with Crippen LogP contribution in [0, 0.1) is 5.92 Å². The maximum absolute atomic E-state index is 12.8. The first kappa shape index (κ1) is 18.2. The predicted molar refractivity (Wildman–Crippen MR) is 93.9 cm³/mol. The van der Waals surface area contributed by atoms with Gasteiger partial charge < -0.3 is 15.5 Å². The SMILES string of the molecule is CC(C)CN1CCC2(CC1)NC(=O)N(CC(=O)NC1CCCC1)C2=O. The first-order chi connectivity index (χ1) is 11.9. The van der Waals surface area contributed by atoms with Crippen LogP contribution < -0.4 is 10.6 Å². The van der Waals surface area contributed by atoms with Crippen molar-refractivity contribution in [2.75, 3.05) is 26.2 Å². The first-order valence-electron chi connectivity index (χ1n) is 9.55. The minimum atomic E-state index is -0.807. The molecular formula is C18H30N4O3. The fourth-order valence-corrected chi connectivity index (χ4v) is 4.28.